The summed E-state index contributed by atoms with van der Waals surface area (Å²) in [4.78, 5) is 24.2. The van der Waals surface area contributed by atoms with Gasteiger partial charge in [-0.2, -0.15) is 5.10 Å². The van der Waals surface area contributed by atoms with Crippen LogP contribution in [0.4, 0.5) is 0 Å². The molecule has 2 N–H and O–H groups in total. The maximum atomic E-state index is 12.3. The van der Waals surface area contributed by atoms with Crippen LogP contribution in [-0.2, 0) is 11.3 Å². The molecule has 0 atom stereocenters. The Labute approximate surface area is 157 Å². The van der Waals surface area contributed by atoms with Crippen LogP contribution in [-0.4, -0.2) is 56.0 Å². The molecule has 146 valence electrons. The summed E-state index contributed by atoms with van der Waals surface area (Å²) in [6.07, 6.45) is 4.31. The third-order valence-corrected chi connectivity index (χ3v) is 3.78. The molecule has 2 rings (SSSR count). The molecule has 2 amide bonds. The molecule has 0 fully saturated rings. The van der Waals surface area contributed by atoms with Gasteiger partial charge in [0.2, 0.25) is 11.7 Å². The Morgan fingerprint density at radius 1 is 1.07 bits per heavy atom. The van der Waals surface area contributed by atoms with E-state index in [0.29, 0.717) is 35.9 Å². The minimum absolute atomic E-state index is 0.128. The molecule has 0 aliphatic rings. The maximum Gasteiger partial charge on any atom is 0.251 e. The highest BCUT2D eigenvalue weighted by Gasteiger charge is 2.17. The highest BCUT2D eigenvalue weighted by atomic mass is 16.5. The van der Waals surface area contributed by atoms with Crippen LogP contribution in [0, 0.1) is 0 Å². The summed E-state index contributed by atoms with van der Waals surface area (Å²) in [7, 11) is 4.42. The van der Waals surface area contributed by atoms with E-state index in [1.165, 1.54) is 33.5 Å². The van der Waals surface area contributed by atoms with Gasteiger partial charge in [0.05, 0.1) is 27.9 Å². The van der Waals surface area contributed by atoms with Gasteiger partial charge in [-0.1, -0.05) is 0 Å². The number of hydrogen-bond donors (Lipinski definition) is 2. The molecule has 0 saturated heterocycles. The van der Waals surface area contributed by atoms with Crippen molar-refractivity contribution >= 4 is 11.8 Å². The first-order chi connectivity index (χ1) is 13.1. The van der Waals surface area contributed by atoms with Crippen molar-refractivity contribution in [2.45, 2.75) is 13.0 Å². The fourth-order valence-electron chi connectivity index (χ4n) is 2.44. The average Bonchev–Trinajstić information content (AvgIpc) is 3.21. The largest absolute Gasteiger partial charge is 0.493 e. The number of amides is 2. The number of aromatic nitrogens is 2. The van der Waals surface area contributed by atoms with Crippen LogP contribution in [0.3, 0.4) is 0 Å². The molecule has 0 saturated carbocycles. The van der Waals surface area contributed by atoms with E-state index in [-0.39, 0.29) is 12.5 Å². The highest BCUT2D eigenvalue weighted by molar-refractivity contribution is 5.97. The van der Waals surface area contributed by atoms with Crippen LogP contribution in [0.25, 0.3) is 0 Å². The van der Waals surface area contributed by atoms with Crippen molar-refractivity contribution in [3.8, 4) is 17.2 Å². The Hall–Kier alpha value is -3.23. The van der Waals surface area contributed by atoms with E-state index >= 15 is 0 Å². The topological polar surface area (TPSA) is 104 Å². The Kier molecular flexibility index (Phi) is 7.48. The van der Waals surface area contributed by atoms with Gasteiger partial charge in [-0.15, -0.1) is 0 Å². The monoisotopic (exact) mass is 376 g/mol. The predicted octanol–water partition coefficient (Wildman–Crippen LogP) is 0.845. The second-order valence-electron chi connectivity index (χ2n) is 5.57. The fraction of sp³-hybridized carbons (Fsp3) is 0.389. The molecule has 0 bridgehead atoms. The normalized spacial score (nSPS) is 10.2. The zero-order valence-electron chi connectivity index (χ0n) is 15.7. The number of nitrogens with zero attached hydrogens (tertiary/aromatic N) is 2. The number of carbonyl (C=O) groups excluding carboxylic acids is 2. The third-order valence-electron chi connectivity index (χ3n) is 3.78. The number of benzene rings is 1. The van der Waals surface area contributed by atoms with Crippen LogP contribution in [0.2, 0.25) is 0 Å². The van der Waals surface area contributed by atoms with E-state index in [0.717, 1.165) is 6.42 Å². The minimum Gasteiger partial charge on any atom is -0.493 e. The number of aryl methyl sites for hydroxylation is 1. The summed E-state index contributed by atoms with van der Waals surface area (Å²) < 4.78 is 17.5. The Morgan fingerprint density at radius 3 is 2.33 bits per heavy atom. The molecule has 9 heteroatoms. The van der Waals surface area contributed by atoms with Crippen molar-refractivity contribution < 1.29 is 23.8 Å². The van der Waals surface area contributed by atoms with E-state index in [1.54, 1.807) is 10.9 Å². The fourth-order valence-corrected chi connectivity index (χ4v) is 2.44. The van der Waals surface area contributed by atoms with Crippen LogP contribution in [0.1, 0.15) is 16.8 Å². The number of nitrogens with one attached hydrogen (secondary N) is 2. The molecule has 1 heterocycles. The Balaban J connectivity index is 1.83. The van der Waals surface area contributed by atoms with Crippen LogP contribution < -0.4 is 24.8 Å². The molecule has 1 aromatic carbocycles. The van der Waals surface area contributed by atoms with E-state index in [9.17, 15) is 9.59 Å². The minimum atomic E-state index is -0.416. The lowest BCUT2D eigenvalue weighted by atomic mass is 10.1. The highest BCUT2D eigenvalue weighted by Crippen LogP contribution is 2.38. The molecule has 2 aromatic rings. The smallest absolute Gasteiger partial charge is 0.251 e. The molecule has 9 nitrogen and oxygen atoms in total. The first kappa shape index (κ1) is 20.1. The van der Waals surface area contributed by atoms with Gasteiger partial charge >= 0.3 is 0 Å². The number of hydrogen-bond acceptors (Lipinski definition) is 6. The van der Waals surface area contributed by atoms with Gasteiger partial charge in [0.15, 0.2) is 11.5 Å². The molecule has 0 radical (unpaired) electrons. The van der Waals surface area contributed by atoms with Gasteiger partial charge in [0.1, 0.15) is 0 Å². The van der Waals surface area contributed by atoms with Crippen LogP contribution in [0.15, 0.2) is 30.6 Å². The first-order valence-corrected chi connectivity index (χ1v) is 8.41. The summed E-state index contributed by atoms with van der Waals surface area (Å²) in [6.45, 7) is 1.08. The van der Waals surface area contributed by atoms with Crippen molar-refractivity contribution in [2.24, 2.45) is 0 Å². The summed E-state index contributed by atoms with van der Waals surface area (Å²) in [6, 6.07) is 4.90. The molecule has 0 spiro atoms. The second-order valence-corrected chi connectivity index (χ2v) is 5.57. The lowest BCUT2D eigenvalue weighted by molar-refractivity contribution is -0.120. The zero-order valence-corrected chi connectivity index (χ0v) is 15.7. The molecule has 0 aliphatic carbocycles. The van der Waals surface area contributed by atoms with Crippen LogP contribution >= 0.6 is 0 Å². The lowest BCUT2D eigenvalue weighted by Crippen LogP contribution is -2.37. The van der Waals surface area contributed by atoms with E-state index in [1.807, 2.05) is 12.3 Å². The van der Waals surface area contributed by atoms with Gasteiger partial charge in [-0.25, -0.2) is 0 Å². The summed E-state index contributed by atoms with van der Waals surface area (Å²) in [5, 5.41) is 9.41. The molecule has 1 aromatic heterocycles. The number of methoxy groups -OCH3 is 3. The lowest BCUT2D eigenvalue weighted by Gasteiger charge is -2.14. The average molecular weight is 376 g/mol. The molecular formula is C18H24N4O5. The van der Waals surface area contributed by atoms with Gasteiger partial charge < -0.3 is 24.8 Å². The van der Waals surface area contributed by atoms with E-state index < -0.39 is 5.91 Å². The van der Waals surface area contributed by atoms with Gasteiger partial charge in [-0.05, 0) is 24.6 Å². The maximum absolute atomic E-state index is 12.3. The van der Waals surface area contributed by atoms with Crippen molar-refractivity contribution in [2.75, 3.05) is 34.4 Å². The van der Waals surface area contributed by atoms with Crippen molar-refractivity contribution in [1.82, 2.24) is 20.4 Å². The Bertz CT molecular complexity index is 736. The molecular weight excluding hydrogens is 352 g/mol. The third kappa shape index (κ3) is 5.63. The summed E-state index contributed by atoms with van der Waals surface area (Å²) in [5.74, 6) is 0.443. The first-order valence-electron chi connectivity index (χ1n) is 8.41. The number of rotatable bonds is 10. The molecule has 27 heavy (non-hydrogen) atoms. The number of ether oxygens (including phenoxy) is 3. The van der Waals surface area contributed by atoms with Gasteiger partial charge in [-0.3, -0.25) is 14.3 Å². The van der Waals surface area contributed by atoms with Gasteiger partial charge in [0, 0.05) is 31.0 Å². The summed E-state index contributed by atoms with van der Waals surface area (Å²) in [5.41, 5.74) is 0.302. The van der Waals surface area contributed by atoms with E-state index in [4.69, 9.17) is 14.2 Å². The van der Waals surface area contributed by atoms with Gasteiger partial charge in [0.25, 0.3) is 5.91 Å². The van der Waals surface area contributed by atoms with Crippen molar-refractivity contribution in [1.29, 1.82) is 0 Å². The van der Waals surface area contributed by atoms with E-state index in [2.05, 4.69) is 15.7 Å². The second kappa shape index (κ2) is 10.0. The zero-order chi connectivity index (χ0) is 19.6. The standard InChI is InChI=1S/C18H24N4O5/c1-25-14-10-13(11-15(26-2)17(14)27-3)18(24)20-12-16(23)19-6-4-8-22-9-5-7-21-22/h5,7,9-11H,4,6,8,12H2,1-3H3,(H,19,23)(H,20,24). The predicted molar refractivity (Wildman–Crippen MR) is 98.3 cm³/mol. The number of carbonyl (C=O) groups is 2. The summed E-state index contributed by atoms with van der Waals surface area (Å²) >= 11 is 0. The SMILES string of the molecule is COc1cc(C(=O)NCC(=O)NCCCn2cccn2)cc(OC)c1OC. The quantitative estimate of drug-likeness (QED) is 0.596. The molecule has 0 unspecified atom stereocenters. The van der Waals surface area contributed by atoms with Crippen molar-refractivity contribution in [3.05, 3.63) is 36.2 Å². The van der Waals surface area contributed by atoms with Crippen molar-refractivity contribution in [3.63, 3.8) is 0 Å². The molecule has 0 aliphatic heterocycles. The van der Waals surface area contributed by atoms with Crippen LogP contribution in [0.5, 0.6) is 17.2 Å². The Morgan fingerprint density at radius 2 is 1.78 bits per heavy atom.